The predicted octanol–water partition coefficient (Wildman–Crippen LogP) is 4.37. The molecule has 0 bridgehead atoms. The van der Waals surface area contributed by atoms with Crippen LogP contribution in [0.15, 0.2) is 96.2 Å². The maximum absolute atomic E-state index is 11.6. The van der Waals surface area contributed by atoms with Gasteiger partial charge in [0.15, 0.2) is 0 Å². The van der Waals surface area contributed by atoms with E-state index in [1.165, 1.54) is 11.3 Å². The highest BCUT2D eigenvalue weighted by Gasteiger charge is 2.42. The summed E-state index contributed by atoms with van der Waals surface area (Å²) in [7, 11) is 0. The van der Waals surface area contributed by atoms with Crippen LogP contribution in [-0.2, 0) is 10.2 Å². The number of nitrogens with zero attached hydrogens (tertiary/aromatic N) is 2. The number of carboxylic acids is 1. The van der Waals surface area contributed by atoms with Gasteiger partial charge in [0.25, 0.3) is 0 Å². The summed E-state index contributed by atoms with van der Waals surface area (Å²) in [5.41, 5.74) is 7.54. The molecule has 0 saturated heterocycles. The number of thiazole rings is 1. The molecular formula is C24H19N3O3S. The smallest absolute Gasteiger partial charge is 0.360 e. The van der Waals surface area contributed by atoms with Crippen molar-refractivity contribution in [2.45, 2.75) is 5.41 Å². The monoisotopic (exact) mass is 429 g/mol. The van der Waals surface area contributed by atoms with Crippen LogP contribution in [0, 0.1) is 0 Å². The number of rotatable bonds is 6. The molecule has 4 rings (SSSR count). The highest BCUT2D eigenvalue weighted by atomic mass is 32.1. The number of aromatic nitrogens is 1. The van der Waals surface area contributed by atoms with Crippen LogP contribution in [0.4, 0.5) is 5.00 Å². The first-order chi connectivity index (χ1) is 15.1. The van der Waals surface area contributed by atoms with E-state index in [9.17, 15) is 15.1 Å². The normalized spacial score (nSPS) is 11.9. The molecule has 7 heteroatoms. The molecule has 0 fully saturated rings. The van der Waals surface area contributed by atoms with Gasteiger partial charge in [-0.3, -0.25) is 0 Å². The van der Waals surface area contributed by atoms with Crippen molar-refractivity contribution < 1.29 is 15.1 Å². The first-order valence-electron chi connectivity index (χ1n) is 9.48. The van der Waals surface area contributed by atoms with Gasteiger partial charge in [0.1, 0.15) is 15.7 Å². The zero-order valence-corrected chi connectivity index (χ0v) is 17.2. The number of carboxylic acid groups (broad SMARTS) is 1. The maximum Gasteiger partial charge on any atom is 0.360 e. The van der Waals surface area contributed by atoms with Crippen LogP contribution in [0.25, 0.3) is 0 Å². The molecule has 3 aromatic carbocycles. The highest BCUT2D eigenvalue weighted by Crippen LogP contribution is 2.47. The van der Waals surface area contributed by atoms with Crippen LogP contribution in [0.3, 0.4) is 0 Å². The number of aliphatic carboxylic acids is 1. The first-order valence-corrected chi connectivity index (χ1v) is 10.3. The quantitative estimate of drug-likeness (QED) is 0.182. The van der Waals surface area contributed by atoms with Crippen molar-refractivity contribution in [1.29, 1.82) is 0 Å². The second-order valence-electron chi connectivity index (χ2n) is 6.83. The number of nitrogens with two attached hydrogens (primary N) is 1. The molecule has 0 saturated carbocycles. The zero-order chi connectivity index (χ0) is 21.8. The average molecular weight is 430 g/mol. The number of hydrogen-bond acceptors (Lipinski definition) is 6. The SMILES string of the molecule is Nc1sc(C(c2ccccc2)(c2ccccc2)c2ccccc2)nc1/C(=N/O)C(=O)O. The van der Waals surface area contributed by atoms with Gasteiger partial charge < -0.3 is 16.0 Å². The molecule has 0 unspecified atom stereocenters. The number of oxime groups is 1. The molecule has 6 nitrogen and oxygen atoms in total. The van der Waals surface area contributed by atoms with Gasteiger partial charge in [0.05, 0.1) is 5.41 Å². The van der Waals surface area contributed by atoms with Crippen molar-refractivity contribution in [2.24, 2.45) is 5.16 Å². The van der Waals surface area contributed by atoms with E-state index >= 15 is 0 Å². The van der Waals surface area contributed by atoms with Crippen molar-refractivity contribution in [3.63, 3.8) is 0 Å². The van der Waals surface area contributed by atoms with Crippen molar-refractivity contribution in [3.05, 3.63) is 118 Å². The van der Waals surface area contributed by atoms with Crippen LogP contribution in [-0.4, -0.2) is 27.0 Å². The van der Waals surface area contributed by atoms with Gasteiger partial charge in [-0.25, -0.2) is 9.78 Å². The molecule has 0 aliphatic carbocycles. The second kappa shape index (κ2) is 8.41. The number of hydrogen-bond donors (Lipinski definition) is 3. The van der Waals surface area contributed by atoms with Gasteiger partial charge in [-0.05, 0) is 16.7 Å². The minimum atomic E-state index is -1.41. The fraction of sp³-hybridized carbons (Fsp3) is 0.0417. The van der Waals surface area contributed by atoms with E-state index in [-0.39, 0.29) is 10.7 Å². The summed E-state index contributed by atoms with van der Waals surface area (Å²) in [5.74, 6) is -1.41. The number of anilines is 1. The Bertz CT molecular complexity index is 1130. The lowest BCUT2D eigenvalue weighted by Gasteiger charge is -2.34. The Labute approximate surface area is 182 Å². The third-order valence-electron chi connectivity index (χ3n) is 5.12. The number of nitrogen functional groups attached to an aromatic ring is 1. The fourth-order valence-corrected chi connectivity index (χ4v) is 4.88. The van der Waals surface area contributed by atoms with Crippen molar-refractivity contribution in [3.8, 4) is 0 Å². The molecule has 0 aliphatic rings. The van der Waals surface area contributed by atoms with E-state index in [2.05, 4.69) is 10.1 Å². The minimum absolute atomic E-state index is 0.0535. The molecule has 0 spiro atoms. The Morgan fingerprint density at radius 3 is 1.61 bits per heavy atom. The first kappa shape index (κ1) is 20.3. The molecule has 31 heavy (non-hydrogen) atoms. The third-order valence-corrected chi connectivity index (χ3v) is 6.13. The summed E-state index contributed by atoms with van der Waals surface area (Å²) >= 11 is 1.18. The van der Waals surface area contributed by atoms with E-state index < -0.39 is 17.1 Å². The van der Waals surface area contributed by atoms with E-state index in [0.29, 0.717) is 5.01 Å². The third kappa shape index (κ3) is 3.45. The molecular weight excluding hydrogens is 410 g/mol. The molecule has 1 heterocycles. The lowest BCUT2D eigenvalue weighted by atomic mass is 9.70. The van der Waals surface area contributed by atoms with Crippen LogP contribution in [0.2, 0.25) is 0 Å². The molecule has 0 amide bonds. The summed E-state index contributed by atoms with van der Waals surface area (Å²) < 4.78 is 0. The lowest BCUT2D eigenvalue weighted by Crippen LogP contribution is -2.31. The van der Waals surface area contributed by atoms with Gasteiger partial charge in [-0.2, -0.15) is 0 Å². The van der Waals surface area contributed by atoms with Crippen LogP contribution in [0.1, 0.15) is 27.4 Å². The summed E-state index contributed by atoms with van der Waals surface area (Å²) in [6.07, 6.45) is 0. The molecule has 0 radical (unpaired) electrons. The summed E-state index contributed by atoms with van der Waals surface area (Å²) in [5, 5.41) is 22.3. The maximum atomic E-state index is 11.6. The average Bonchev–Trinajstić information content (AvgIpc) is 3.18. The standard InChI is InChI=1S/C24H19N3O3S/c25-21-19(20(27-30)22(28)29)26-23(31-21)24(16-10-4-1-5-11-16,17-12-6-2-7-13-17)18-14-8-3-9-15-18/h1-15,30H,25H2,(H,28,29)/b27-20-. The molecule has 154 valence electrons. The summed E-state index contributed by atoms with van der Waals surface area (Å²) in [6, 6.07) is 29.6. The highest BCUT2D eigenvalue weighted by molar-refractivity contribution is 7.16. The van der Waals surface area contributed by atoms with Gasteiger partial charge in [0.2, 0.25) is 5.71 Å². The zero-order valence-electron chi connectivity index (χ0n) is 16.3. The molecule has 4 aromatic rings. The number of benzene rings is 3. The van der Waals surface area contributed by atoms with E-state index in [0.717, 1.165) is 16.7 Å². The van der Waals surface area contributed by atoms with Gasteiger partial charge in [-0.1, -0.05) is 107 Å². The van der Waals surface area contributed by atoms with Gasteiger partial charge in [-0.15, -0.1) is 0 Å². The van der Waals surface area contributed by atoms with Crippen LogP contribution in [0.5, 0.6) is 0 Å². The Balaban J connectivity index is 2.11. The second-order valence-corrected chi connectivity index (χ2v) is 7.86. The molecule has 0 aliphatic heterocycles. The fourth-order valence-electron chi connectivity index (χ4n) is 3.79. The summed E-state index contributed by atoms with van der Waals surface area (Å²) in [4.78, 5) is 16.2. The van der Waals surface area contributed by atoms with E-state index in [4.69, 9.17) is 5.73 Å². The van der Waals surface area contributed by atoms with Crippen LogP contribution >= 0.6 is 11.3 Å². The van der Waals surface area contributed by atoms with Crippen molar-refractivity contribution in [2.75, 3.05) is 5.73 Å². The van der Waals surface area contributed by atoms with E-state index in [1.54, 1.807) is 0 Å². The Hall–Kier alpha value is -3.97. The Morgan fingerprint density at radius 1 is 0.839 bits per heavy atom. The minimum Gasteiger partial charge on any atom is -0.476 e. The topological polar surface area (TPSA) is 109 Å². The summed E-state index contributed by atoms with van der Waals surface area (Å²) in [6.45, 7) is 0. The lowest BCUT2D eigenvalue weighted by molar-refractivity contribution is -0.129. The number of carbonyl (C=O) groups is 1. The Kier molecular flexibility index (Phi) is 5.51. The largest absolute Gasteiger partial charge is 0.476 e. The van der Waals surface area contributed by atoms with E-state index in [1.807, 2.05) is 91.0 Å². The van der Waals surface area contributed by atoms with Crippen LogP contribution < -0.4 is 5.73 Å². The molecule has 0 atom stereocenters. The van der Waals surface area contributed by atoms with Gasteiger partial charge >= 0.3 is 5.97 Å². The van der Waals surface area contributed by atoms with Crippen molar-refractivity contribution >= 4 is 28.0 Å². The van der Waals surface area contributed by atoms with Crippen molar-refractivity contribution in [1.82, 2.24) is 4.98 Å². The molecule has 4 N–H and O–H groups in total. The Morgan fingerprint density at radius 2 is 1.26 bits per heavy atom. The molecule has 1 aromatic heterocycles. The predicted molar refractivity (Wildman–Crippen MR) is 121 cm³/mol. The van der Waals surface area contributed by atoms with Gasteiger partial charge in [0, 0.05) is 0 Å².